The molecule has 2 aliphatic carbocycles. The summed E-state index contributed by atoms with van der Waals surface area (Å²) in [7, 11) is 0. The second kappa shape index (κ2) is 4.91. The Morgan fingerprint density at radius 3 is 2.82 bits per heavy atom. The quantitative estimate of drug-likeness (QED) is 0.873. The Kier molecular flexibility index (Phi) is 3.47. The molecule has 92 valence electrons. The van der Waals surface area contributed by atoms with Crippen LogP contribution in [0.15, 0.2) is 22.7 Å². The van der Waals surface area contributed by atoms with Crippen LogP contribution in [0.2, 0.25) is 5.02 Å². The van der Waals surface area contributed by atoms with Gasteiger partial charge in [0.2, 0.25) is 0 Å². The first-order chi connectivity index (χ1) is 8.22. The van der Waals surface area contributed by atoms with E-state index in [4.69, 9.17) is 11.6 Å². The molecule has 0 saturated heterocycles. The summed E-state index contributed by atoms with van der Waals surface area (Å²) in [5, 5.41) is 4.50. The summed E-state index contributed by atoms with van der Waals surface area (Å²) in [6.45, 7) is 0.962. The Hall–Kier alpha value is -0.0500. The van der Waals surface area contributed by atoms with Crippen LogP contribution in [0.25, 0.3) is 0 Å². The maximum atomic E-state index is 5.99. The van der Waals surface area contributed by atoms with Gasteiger partial charge < -0.3 is 5.32 Å². The standard InChI is InChI=1S/C14H17BrClN/c15-12-6-10(2-4-13(12)16)8-17-14-7-9-1-3-11(14)5-9/h2,4,6,9,11,14,17H,1,3,5,7-8H2. The number of benzene rings is 1. The number of halogens is 2. The van der Waals surface area contributed by atoms with Crippen molar-refractivity contribution < 1.29 is 0 Å². The predicted octanol–water partition coefficient (Wildman–Crippen LogP) is 4.38. The lowest BCUT2D eigenvalue weighted by Gasteiger charge is -2.23. The average Bonchev–Trinajstić information content (AvgIpc) is 2.92. The van der Waals surface area contributed by atoms with Crippen molar-refractivity contribution in [2.24, 2.45) is 11.8 Å². The molecule has 0 radical (unpaired) electrons. The lowest BCUT2D eigenvalue weighted by Crippen LogP contribution is -2.33. The molecule has 3 heteroatoms. The van der Waals surface area contributed by atoms with Gasteiger partial charge in [-0.25, -0.2) is 0 Å². The van der Waals surface area contributed by atoms with Crippen molar-refractivity contribution in [1.29, 1.82) is 0 Å². The van der Waals surface area contributed by atoms with Gasteiger partial charge in [-0.3, -0.25) is 0 Å². The summed E-state index contributed by atoms with van der Waals surface area (Å²) < 4.78 is 0.992. The number of hydrogen-bond donors (Lipinski definition) is 1. The van der Waals surface area contributed by atoms with Crippen molar-refractivity contribution in [3.05, 3.63) is 33.3 Å². The fourth-order valence-corrected chi connectivity index (χ4v) is 3.94. The van der Waals surface area contributed by atoms with Crippen LogP contribution in [0, 0.1) is 11.8 Å². The van der Waals surface area contributed by atoms with Gasteiger partial charge in [-0.05, 0) is 64.7 Å². The molecule has 0 heterocycles. The minimum atomic E-state index is 0.753. The fourth-order valence-electron chi connectivity index (χ4n) is 3.39. The molecule has 0 aliphatic heterocycles. The third kappa shape index (κ3) is 2.54. The van der Waals surface area contributed by atoms with Crippen molar-refractivity contribution in [2.45, 2.75) is 38.3 Å². The first kappa shape index (κ1) is 12.0. The van der Waals surface area contributed by atoms with E-state index in [2.05, 4.69) is 33.4 Å². The average molecular weight is 315 g/mol. The molecule has 2 saturated carbocycles. The van der Waals surface area contributed by atoms with Gasteiger partial charge in [0.15, 0.2) is 0 Å². The predicted molar refractivity (Wildman–Crippen MR) is 75.2 cm³/mol. The Bertz CT molecular complexity index is 421. The van der Waals surface area contributed by atoms with E-state index in [1.54, 1.807) is 0 Å². The van der Waals surface area contributed by atoms with Crippen molar-refractivity contribution in [3.63, 3.8) is 0 Å². The largest absolute Gasteiger partial charge is 0.310 e. The SMILES string of the molecule is Clc1ccc(CNC2CC3CCC2C3)cc1Br. The summed E-state index contributed by atoms with van der Waals surface area (Å²) >= 11 is 9.46. The lowest BCUT2D eigenvalue weighted by molar-refractivity contribution is 0.350. The summed E-state index contributed by atoms with van der Waals surface area (Å²) in [5.41, 5.74) is 1.31. The second-order valence-electron chi connectivity index (χ2n) is 5.41. The molecule has 3 rings (SSSR count). The van der Waals surface area contributed by atoms with E-state index in [0.29, 0.717) is 0 Å². The molecule has 0 spiro atoms. The van der Waals surface area contributed by atoms with Gasteiger partial charge in [-0.2, -0.15) is 0 Å². The smallest absolute Gasteiger partial charge is 0.0548 e. The van der Waals surface area contributed by atoms with E-state index in [1.165, 1.54) is 31.2 Å². The number of hydrogen-bond acceptors (Lipinski definition) is 1. The van der Waals surface area contributed by atoms with E-state index in [0.717, 1.165) is 33.9 Å². The van der Waals surface area contributed by atoms with Crippen molar-refractivity contribution in [3.8, 4) is 0 Å². The summed E-state index contributed by atoms with van der Waals surface area (Å²) in [5.74, 6) is 1.95. The second-order valence-corrected chi connectivity index (χ2v) is 6.67. The summed E-state index contributed by atoms with van der Waals surface area (Å²) in [4.78, 5) is 0. The molecule has 1 aromatic rings. The van der Waals surface area contributed by atoms with Gasteiger partial charge in [0, 0.05) is 17.1 Å². The van der Waals surface area contributed by atoms with E-state index < -0.39 is 0 Å². The maximum absolute atomic E-state index is 5.99. The normalized spacial score (nSPS) is 31.1. The van der Waals surface area contributed by atoms with Crippen LogP contribution in [0.4, 0.5) is 0 Å². The third-order valence-corrected chi connectivity index (χ3v) is 5.50. The third-order valence-electron chi connectivity index (χ3n) is 4.29. The number of nitrogens with one attached hydrogen (secondary N) is 1. The van der Waals surface area contributed by atoms with Gasteiger partial charge in [-0.15, -0.1) is 0 Å². The van der Waals surface area contributed by atoms with Gasteiger partial charge >= 0.3 is 0 Å². The topological polar surface area (TPSA) is 12.0 Å². The van der Waals surface area contributed by atoms with Crippen LogP contribution < -0.4 is 5.32 Å². The number of rotatable bonds is 3. The molecule has 2 aliphatic rings. The van der Waals surface area contributed by atoms with Crippen molar-refractivity contribution in [2.75, 3.05) is 0 Å². The minimum absolute atomic E-state index is 0.753. The first-order valence-electron chi connectivity index (χ1n) is 6.39. The molecule has 3 atom stereocenters. The van der Waals surface area contributed by atoms with Gasteiger partial charge in [0.25, 0.3) is 0 Å². The van der Waals surface area contributed by atoms with E-state index in [9.17, 15) is 0 Å². The highest BCUT2D eigenvalue weighted by Gasteiger charge is 2.38. The summed E-state index contributed by atoms with van der Waals surface area (Å²) in [6, 6.07) is 6.93. The Morgan fingerprint density at radius 2 is 2.18 bits per heavy atom. The van der Waals surface area contributed by atoms with Crippen LogP contribution in [-0.2, 0) is 6.54 Å². The molecule has 1 aromatic carbocycles. The molecule has 2 fully saturated rings. The van der Waals surface area contributed by atoms with Crippen molar-refractivity contribution in [1.82, 2.24) is 5.32 Å². The monoisotopic (exact) mass is 313 g/mol. The zero-order valence-electron chi connectivity index (χ0n) is 9.76. The molecular formula is C14H17BrClN. The zero-order valence-corrected chi connectivity index (χ0v) is 12.1. The Balaban J connectivity index is 1.59. The first-order valence-corrected chi connectivity index (χ1v) is 7.57. The molecule has 0 amide bonds. The van der Waals surface area contributed by atoms with Crippen molar-refractivity contribution >= 4 is 27.5 Å². The van der Waals surface area contributed by atoms with Crippen LogP contribution in [0.5, 0.6) is 0 Å². The molecular weight excluding hydrogens is 298 g/mol. The molecule has 2 bridgehead atoms. The molecule has 1 N–H and O–H groups in total. The van der Waals surface area contributed by atoms with E-state index in [-0.39, 0.29) is 0 Å². The summed E-state index contributed by atoms with van der Waals surface area (Å²) in [6.07, 6.45) is 5.75. The highest BCUT2D eigenvalue weighted by atomic mass is 79.9. The zero-order chi connectivity index (χ0) is 11.8. The van der Waals surface area contributed by atoms with E-state index >= 15 is 0 Å². The maximum Gasteiger partial charge on any atom is 0.0548 e. The number of fused-ring (bicyclic) bond motifs is 2. The molecule has 1 nitrogen and oxygen atoms in total. The van der Waals surface area contributed by atoms with Gasteiger partial charge in [0.05, 0.1) is 5.02 Å². The lowest BCUT2D eigenvalue weighted by atomic mass is 9.95. The molecule has 3 unspecified atom stereocenters. The highest BCUT2D eigenvalue weighted by molar-refractivity contribution is 9.10. The van der Waals surface area contributed by atoms with Crippen LogP contribution in [0.3, 0.4) is 0 Å². The van der Waals surface area contributed by atoms with Crippen LogP contribution in [0.1, 0.15) is 31.2 Å². The Morgan fingerprint density at radius 1 is 1.29 bits per heavy atom. The fraction of sp³-hybridized carbons (Fsp3) is 0.571. The van der Waals surface area contributed by atoms with Crippen LogP contribution >= 0.6 is 27.5 Å². The highest BCUT2D eigenvalue weighted by Crippen LogP contribution is 2.44. The van der Waals surface area contributed by atoms with E-state index in [1.807, 2.05) is 6.07 Å². The minimum Gasteiger partial charge on any atom is -0.310 e. The van der Waals surface area contributed by atoms with Gasteiger partial charge in [0.1, 0.15) is 0 Å². The van der Waals surface area contributed by atoms with Crippen LogP contribution in [-0.4, -0.2) is 6.04 Å². The molecule has 17 heavy (non-hydrogen) atoms. The molecule has 0 aromatic heterocycles. The van der Waals surface area contributed by atoms with Gasteiger partial charge in [-0.1, -0.05) is 24.1 Å². The Labute approximate surface area is 116 Å².